The third kappa shape index (κ3) is 2.51. The van der Waals surface area contributed by atoms with Crippen LogP contribution in [0.5, 0.6) is 0 Å². The van der Waals surface area contributed by atoms with Crippen molar-refractivity contribution in [3.05, 3.63) is 22.2 Å². The Balaban J connectivity index is 2.48. The summed E-state index contributed by atoms with van der Waals surface area (Å²) < 4.78 is 1.14. The van der Waals surface area contributed by atoms with E-state index in [0.29, 0.717) is 12.1 Å². The summed E-state index contributed by atoms with van der Waals surface area (Å²) in [6.07, 6.45) is 4.93. The summed E-state index contributed by atoms with van der Waals surface area (Å²) in [5.41, 5.74) is 9.50. The summed E-state index contributed by atoms with van der Waals surface area (Å²) in [5, 5.41) is 0. The number of hydrogen-bond donors (Lipinski definition) is 1. The molecule has 1 saturated heterocycles. The smallest absolute Gasteiger partial charge is 0.0549 e. The van der Waals surface area contributed by atoms with E-state index in [1.54, 1.807) is 0 Å². The van der Waals surface area contributed by atoms with Crippen LogP contribution in [-0.4, -0.2) is 12.1 Å². The molecule has 2 nitrogen and oxygen atoms in total. The highest BCUT2D eigenvalue weighted by Crippen LogP contribution is 2.38. The summed E-state index contributed by atoms with van der Waals surface area (Å²) in [6.45, 7) is 6.86. The molecule has 0 radical (unpaired) electrons. The highest BCUT2D eigenvalue weighted by atomic mass is 79.9. The highest BCUT2D eigenvalue weighted by Gasteiger charge is 2.27. The summed E-state index contributed by atoms with van der Waals surface area (Å²) >= 11 is 3.71. The third-order valence-electron chi connectivity index (χ3n) is 4.00. The molecule has 0 unspecified atom stereocenters. The molecule has 100 valence electrons. The second-order valence-electron chi connectivity index (χ2n) is 5.40. The van der Waals surface area contributed by atoms with Crippen molar-refractivity contribution in [2.75, 3.05) is 10.6 Å². The molecule has 0 aliphatic carbocycles. The fraction of sp³-hybridized carbons (Fsp3) is 0.600. The first-order valence-corrected chi connectivity index (χ1v) is 7.70. The SMILES string of the molecule is CCc1cc(N)cc(Br)c1N1[C@H](C)CCC[C@H]1C. The summed E-state index contributed by atoms with van der Waals surface area (Å²) in [5.74, 6) is 0. The molecule has 0 bridgehead atoms. The van der Waals surface area contributed by atoms with Crippen LogP contribution in [0.3, 0.4) is 0 Å². The molecule has 1 aromatic carbocycles. The topological polar surface area (TPSA) is 29.3 Å². The fourth-order valence-corrected chi connectivity index (χ4v) is 3.82. The van der Waals surface area contributed by atoms with E-state index in [1.165, 1.54) is 30.5 Å². The van der Waals surface area contributed by atoms with Gasteiger partial charge >= 0.3 is 0 Å². The second-order valence-corrected chi connectivity index (χ2v) is 6.25. The van der Waals surface area contributed by atoms with Gasteiger partial charge in [-0.25, -0.2) is 0 Å². The van der Waals surface area contributed by atoms with Gasteiger partial charge < -0.3 is 10.6 Å². The molecule has 2 N–H and O–H groups in total. The zero-order valence-corrected chi connectivity index (χ0v) is 13.1. The van der Waals surface area contributed by atoms with Crippen LogP contribution in [0, 0.1) is 0 Å². The van der Waals surface area contributed by atoms with Crippen molar-refractivity contribution in [3.8, 4) is 0 Å². The summed E-state index contributed by atoms with van der Waals surface area (Å²) in [7, 11) is 0. The standard InChI is InChI=1S/C15H23BrN2/c1-4-12-8-13(17)9-14(16)15(12)18-10(2)6-5-7-11(18)3/h8-11H,4-7,17H2,1-3H3/t10-,11-/m1/s1. The average molecular weight is 311 g/mol. The number of nitrogen functional groups attached to an aromatic ring is 1. The average Bonchev–Trinajstić information content (AvgIpc) is 2.30. The van der Waals surface area contributed by atoms with E-state index in [-0.39, 0.29) is 0 Å². The Morgan fingerprint density at radius 1 is 1.28 bits per heavy atom. The highest BCUT2D eigenvalue weighted by molar-refractivity contribution is 9.10. The largest absolute Gasteiger partial charge is 0.399 e. The van der Waals surface area contributed by atoms with Gasteiger partial charge in [-0.15, -0.1) is 0 Å². The molecule has 2 rings (SSSR count). The number of hydrogen-bond acceptors (Lipinski definition) is 2. The van der Waals surface area contributed by atoms with Gasteiger partial charge in [0.05, 0.1) is 5.69 Å². The van der Waals surface area contributed by atoms with Crippen molar-refractivity contribution < 1.29 is 0 Å². The van der Waals surface area contributed by atoms with Crippen LogP contribution in [0.2, 0.25) is 0 Å². The summed E-state index contributed by atoms with van der Waals surface area (Å²) in [4.78, 5) is 2.58. The van der Waals surface area contributed by atoms with Crippen LogP contribution in [0.4, 0.5) is 11.4 Å². The van der Waals surface area contributed by atoms with Gasteiger partial charge in [-0.1, -0.05) is 6.92 Å². The van der Waals surface area contributed by atoms with Gasteiger partial charge in [-0.3, -0.25) is 0 Å². The zero-order valence-electron chi connectivity index (χ0n) is 11.5. The Morgan fingerprint density at radius 3 is 2.44 bits per heavy atom. The number of nitrogens with zero attached hydrogens (tertiary/aromatic N) is 1. The van der Waals surface area contributed by atoms with E-state index < -0.39 is 0 Å². The van der Waals surface area contributed by atoms with Gasteiger partial charge in [0.25, 0.3) is 0 Å². The molecule has 3 heteroatoms. The maximum absolute atomic E-state index is 5.95. The van der Waals surface area contributed by atoms with Gasteiger partial charge in [0, 0.05) is 22.2 Å². The molecule has 18 heavy (non-hydrogen) atoms. The first kappa shape index (κ1) is 13.7. The first-order chi connectivity index (χ1) is 8.54. The molecule has 0 amide bonds. The van der Waals surface area contributed by atoms with E-state index in [1.807, 2.05) is 6.07 Å². The first-order valence-electron chi connectivity index (χ1n) is 6.90. The van der Waals surface area contributed by atoms with Crippen molar-refractivity contribution in [1.29, 1.82) is 0 Å². The predicted molar refractivity (Wildman–Crippen MR) is 83.2 cm³/mol. The van der Waals surface area contributed by atoms with Gasteiger partial charge in [0.1, 0.15) is 0 Å². The van der Waals surface area contributed by atoms with Crippen LogP contribution < -0.4 is 10.6 Å². The van der Waals surface area contributed by atoms with Crippen LogP contribution in [0.1, 0.15) is 45.6 Å². The quantitative estimate of drug-likeness (QED) is 0.822. The molecule has 1 heterocycles. The van der Waals surface area contributed by atoms with Crippen molar-refractivity contribution in [1.82, 2.24) is 0 Å². The van der Waals surface area contributed by atoms with Crippen molar-refractivity contribution >= 4 is 27.3 Å². The number of piperidine rings is 1. The lowest BCUT2D eigenvalue weighted by molar-refractivity contribution is 0.413. The van der Waals surface area contributed by atoms with E-state index >= 15 is 0 Å². The van der Waals surface area contributed by atoms with Crippen LogP contribution >= 0.6 is 15.9 Å². The molecule has 1 aliphatic rings. The Labute approximate surface area is 119 Å². The monoisotopic (exact) mass is 310 g/mol. The lowest BCUT2D eigenvalue weighted by Gasteiger charge is -2.42. The third-order valence-corrected chi connectivity index (χ3v) is 4.60. The fourth-order valence-electron chi connectivity index (χ4n) is 3.10. The number of anilines is 2. The van der Waals surface area contributed by atoms with Gasteiger partial charge in [-0.2, -0.15) is 0 Å². The Morgan fingerprint density at radius 2 is 1.89 bits per heavy atom. The minimum absolute atomic E-state index is 0.610. The Kier molecular flexibility index (Phi) is 4.21. The van der Waals surface area contributed by atoms with Crippen molar-refractivity contribution in [2.24, 2.45) is 0 Å². The van der Waals surface area contributed by atoms with E-state index in [4.69, 9.17) is 5.73 Å². The maximum atomic E-state index is 5.95. The van der Waals surface area contributed by atoms with Gasteiger partial charge in [-0.05, 0) is 73.2 Å². The second kappa shape index (κ2) is 5.52. The Bertz CT molecular complexity index is 421. The molecule has 2 atom stereocenters. The van der Waals surface area contributed by atoms with Crippen LogP contribution in [-0.2, 0) is 6.42 Å². The molecule has 0 saturated carbocycles. The maximum Gasteiger partial charge on any atom is 0.0549 e. The Hall–Kier alpha value is -0.700. The van der Waals surface area contributed by atoms with Crippen molar-refractivity contribution in [2.45, 2.75) is 58.5 Å². The van der Waals surface area contributed by atoms with Crippen LogP contribution in [0.15, 0.2) is 16.6 Å². The van der Waals surface area contributed by atoms with Gasteiger partial charge in [0.15, 0.2) is 0 Å². The van der Waals surface area contributed by atoms with E-state index in [0.717, 1.165) is 16.6 Å². The van der Waals surface area contributed by atoms with Crippen LogP contribution in [0.25, 0.3) is 0 Å². The zero-order chi connectivity index (χ0) is 13.3. The molecular formula is C15H23BrN2. The minimum atomic E-state index is 0.610. The number of rotatable bonds is 2. The normalized spacial score (nSPS) is 24.3. The van der Waals surface area contributed by atoms with Gasteiger partial charge in [0.2, 0.25) is 0 Å². The van der Waals surface area contributed by atoms with E-state index in [2.05, 4.69) is 47.7 Å². The molecular weight excluding hydrogens is 288 g/mol. The molecule has 1 aliphatic heterocycles. The molecule has 0 spiro atoms. The predicted octanol–water partition coefficient (Wildman–Crippen LogP) is 4.36. The minimum Gasteiger partial charge on any atom is -0.399 e. The number of halogens is 1. The number of benzene rings is 1. The number of aryl methyl sites for hydroxylation is 1. The lowest BCUT2D eigenvalue weighted by Crippen LogP contribution is -2.44. The van der Waals surface area contributed by atoms with Crippen molar-refractivity contribution in [3.63, 3.8) is 0 Å². The lowest BCUT2D eigenvalue weighted by atomic mass is 9.95. The number of nitrogens with two attached hydrogens (primary N) is 1. The van der Waals surface area contributed by atoms with E-state index in [9.17, 15) is 0 Å². The summed E-state index contributed by atoms with van der Waals surface area (Å²) in [6, 6.07) is 5.37. The molecule has 0 aromatic heterocycles. The molecule has 1 fully saturated rings. The molecule has 1 aromatic rings.